The molecule has 0 radical (unpaired) electrons. The molecule has 0 N–H and O–H groups in total. The van der Waals surface area contributed by atoms with E-state index in [1.165, 1.54) is 13.4 Å². The van der Waals surface area contributed by atoms with Crippen molar-refractivity contribution in [3.8, 4) is 17.2 Å². The van der Waals surface area contributed by atoms with Crippen molar-refractivity contribution in [2.75, 3.05) is 20.8 Å². The molecule has 19 heavy (non-hydrogen) atoms. The fourth-order valence-corrected chi connectivity index (χ4v) is 1.32. The Kier molecular flexibility index (Phi) is 5.73. The molecule has 104 valence electrons. The van der Waals surface area contributed by atoms with E-state index in [9.17, 15) is 4.79 Å². The molecule has 1 rings (SSSR count). The summed E-state index contributed by atoms with van der Waals surface area (Å²) in [6, 6.07) is 5.14. The van der Waals surface area contributed by atoms with Gasteiger partial charge in [-0.05, 0) is 26.0 Å². The molecule has 5 nitrogen and oxygen atoms in total. The molecule has 0 saturated heterocycles. The molecule has 0 spiro atoms. The molecular weight excluding hydrogens is 248 g/mol. The zero-order valence-electron chi connectivity index (χ0n) is 11.6. The van der Waals surface area contributed by atoms with Crippen molar-refractivity contribution in [1.82, 2.24) is 0 Å². The zero-order chi connectivity index (χ0) is 14.3. The highest BCUT2D eigenvalue weighted by molar-refractivity contribution is 5.87. The summed E-state index contributed by atoms with van der Waals surface area (Å²) >= 11 is 0. The van der Waals surface area contributed by atoms with Crippen LogP contribution >= 0.6 is 0 Å². The van der Waals surface area contributed by atoms with Crippen LogP contribution in [0.3, 0.4) is 0 Å². The predicted molar refractivity (Wildman–Crippen MR) is 70.6 cm³/mol. The van der Waals surface area contributed by atoms with Crippen LogP contribution in [-0.2, 0) is 9.53 Å². The highest BCUT2D eigenvalue weighted by atomic mass is 16.5. The Hall–Kier alpha value is -2.17. The lowest BCUT2D eigenvalue weighted by molar-refractivity contribution is -0.138. The third-order valence-electron chi connectivity index (χ3n) is 2.33. The molecule has 0 atom stereocenters. The van der Waals surface area contributed by atoms with Crippen molar-refractivity contribution in [3.63, 3.8) is 0 Å². The SMILES string of the molecule is CCOC(=O)/C(C)=C\Oc1ccc(OC)cc1OC. The number of hydrogen-bond acceptors (Lipinski definition) is 5. The van der Waals surface area contributed by atoms with E-state index in [0.29, 0.717) is 29.4 Å². The van der Waals surface area contributed by atoms with Gasteiger partial charge in [-0.2, -0.15) is 0 Å². The summed E-state index contributed by atoms with van der Waals surface area (Å²) in [6.07, 6.45) is 1.34. The monoisotopic (exact) mass is 266 g/mol. The number of hydrogen-bond donors (Lipinski definition) is 0. The van der Waals surface area contributed by atoms with E-state index >= 15 is 0 Å². The van der Waals surface area contributed by atoms with Crippen LogP contribution in [0.2, 0.25) is 0 Å². The first-order valence-electron chi connectivity index (χ1n) is 5.85. The van der Waals surface area contributed by atoms with E-state index in [4.69, 9.17) is 18.9 Å². The molecule has 1 aromatic carbocycles. The number of carbonyl (C=O) groups excluding carboxylic acids is 1. The van der Waals surface area contributed by atoms with Crippen LogP contribution in [0.15, 0.2) is 30.0 Å². The topological polar surface area (TPSA) is 54.0 Å². The van der Waals surface area contributed by atoms with E-state index < -0.39 is 5.97 Å². The summed E-state index contributed by atoms with van der Waals surface area (Å²) in [5.41, 5.74) is 0.375. The molecule has 0 amide bonds. The molecule has 0 bridgehead atoms. The van der Waals surface area contributed by atoms with Gasteiger partial charge in [0.2, 0.25) is 0 Å². The van der Waals surface area contributed by atoms with Crippen LogP contribution in [0.1, 0.15) is 13.8 Å². The number of benzene rings is 1. The molecule has 0 fully saturated rings. The Morgan fingerprint density at radius 2 is 1.95 bits per heavy atom. The minimum atomic E-state index is -0.407. The van der Waals surface area contributed by atoms with Crippen molar-refractivity contribution in [1.29, 1.82) is 0 Å². The standard InChI is InChI=1S/C14H18O5/c1-5-18-14(15)10(2)9-19-12-7-6-11(16-3)8-13(12)17-4/h6-9H,5H2,1-4H3/b10-9-. The Morgan fingerprint density at radius 1 is 1.21 bits per heavy atom. The number of rotatable bonds is 6. The quantitative estimate of drug-likeness (QED) is 0.450. The predicted octanol–water partition coefficient (Wildman–Crippen LogP) is 2.55. The van der Waals surface area contributed by atoms with Crippen LogP contribution in [0, 0.1) is 0 Å². The minimum absolute atomic E-state index is 0.329. The van der Waals surface area contributed by atoms with Crippen LogP contribution < -0.4 is 14.2 Å². The fourth-order valence-electron chi connectivity index (χ4n) is 1.32. The van der Waals surface area contributed by atoms with Gasteiger partial charge in [-0.25, -0.2) is 4.79 Å². The van der Waals surface area contributed by atoms with Gasteiger partial charge in [-0.1, -0.05) is 0 Å². The van der Waals surface area contributed by atoms with Crippen LogP contribution in [-0.4, -0.2) is 26.8 Å². The average Bonchev–Trinajstić information content (AvgIpc) is 2.44. The molecule has 0 heterocycles. The van der Waals surface area contributed by atoms with Gasteiger partial charge < -0.3 is 18.9 Å². The Balaban J connectivity index is 2.82. The highest BCUT2D eigenvalue weighted by Crippen LogP contribution is 2.31. The maximum Gasteiger partial charge on any atom is 0.336 e. The van der Waals surface area contributed by atoms with Gasteiger partial charge in [-0.15, -0.1) is 0 Å². The maximum absolute atomic E-state index is 11.4. The van der Waals surface area contributed by atoms with Gasteiger partial charge >= 0.3 is 5.97 Å². The summed E-state index contributed by atoms with van der Waals surface area (Å²) in [5, 5.41) is 0. The first-order chi connectivity index (χ1) is 9.12. The Bertz CT molecular complexity index is 465. The Morgan fingerprint density at radius 3 is 2.53 bits per heavy atom. The van der Waals surface area contributed by atoms with E-state index in [1.54, 1.807) is 39.2 Å². The molecule has 0 aliphatic rings. The third kappa shape index (κ3) is 4.21. The van der Waals surface area contributed by atoms with Crippen LogP contribution in [0.4, 0.5) is 0 Å². The molecule has 0 aromatic heterocycles. The summed E-state index contributed by atoms with van der Waals surface area (Å²) < 4.78 is 20.5. The van der Waals surface area contributed by atoms with E-state index in [2.05, 4.69) is 0 Å². The second kappa shape index (κ2) is 7.31. The van der Waals surface area contributed by atoms with Crippen molar-refractivity contribution in [2.24, 2.45) is 0 Å². The van der Waals surface area contributed by atoms with E-state index in [-0.39, 0.29) is 0 Å². The lowest BCUT2D eigenvalue weighted by atomic mass is 10.3. The zero-order valence-corrected chi connectivity index (χ0v) is 11.6. The smallest absolute Gasteiger partial charge is 0.336 e. The van der Waals surface area contributed by atoms with Gasteiger partial charge in [0, 0.05) is 6.07 Å². The van der Waals surface area contributed by atoms with Gasteiger partial charge in [0.25, 0.3) is 0 Å². The molecular formula is C14H18O5. The molecule has 1 aromatic rings. The van der Waals surface area contributed by atoms with Gasteiger partial charge in [0.15, 0.2) is 11.5 Å². The van der Waals surface area contributed by atoms with Crippen LogP contribution in [0.5, 0.6) is 17.2 Å². The first kappa shape index (κ1) is 14.9. The second-order valence-electron chi connectivity index (χ2n) is 3.66. The molecule has 0 aliphatic heterocycles. The summed E-state index contributed by atoms with van der Waals surface area (Å²) in [5.74, 6) is 1.27. The average molecular weight is 266 g/mol. The summed E-state index contributed by atoms with van der Waals surface area (Å²) in [7, 11) is 3.10. The van der Waals surface area contributed by atoms with Crippen LogP contribution in [0.25, 0.3) is 0 Å². The summed E-state index contributed by atoms with van der Waals surface area (Å²) in [4.78, 5) is 11.4. The van der Waals surface area contributed by atoms with Gasteiger partial charge in [0.1, 0.15) is 12.0 Å². The van der Waals surface area contributed by atoms with Crippen molar-refractivity contribution < 1.29 is 23.7 Å². The molecule has 0 unspecified atom stereocenters. The van der Waals surface area contributed by atoms with Gasteiger partial charge in [0.05, 0.1) is 26.4 Å². The van der Waals surface area contributed by atoms with Crippen molar-refractivity contribution in [3.05, 3.63) is 30.0 Å². The second-order valence-corrected chi connectivity index (χ2v) is 3.66. The normalized spacial score (nSPS) is 10.8. The highest BCUT2D eigenvalue weighted by Gasteiger charge is 2.08. The third-order valence-corrected chi connectivity index (χ3v) is 2.33. The largest absolute Gasteiger partial charge is 0.497 e. The van der Waals surface area contributed by atoms with E-state index in [1.807, 2.05) is 0 Å². The minimum Gasteiger partial charge on any atom is -0.497 e. The lowest BCUT2D eigenvalue weighted by Gasteiger charge is -2.09. The lowest BCUT2D eigenvalue weighted by Crippen LogP contribution is -2.06. The van der Waals surface area contributed by atoms with Crippen molar-refractivity contribution >= 4 is 5.97 Å². The maximum atomic E-state index is 11.4. The number of carbonyl (C=O) groups is 1. The number of methoxy groups -OCH3 is 2. The molecule has 0 aliphatic carbocycles. The number of ether oxygens (including phenoxy) is 4. The molecule has 0 saturated carbocycles. The molecule has 5 heteroatoms. The van der Waals surface area contributed by atoms with Gasteiger partial charge in [-0.3, -0.25) is 0 Å². The van der Waals surface area contributed by atoms with Crippen molar-refractivity contribution in [2.45, 2.75) is 13.8 Å². The Labute approximate surface area is 112 Å². The number of esters is 1. The summed E-state index contributed by atoms with van der Waals surface area (Å²) in [6.45, 7) is 3.70. The first-order valence-corrected chi connectivity index (χ1v) is 5.85. The van der Waals surface area contributed by atoms with E-state index in [0.717, 1.165) is 0 Å². The fraction of sp³-hybridized carbons (Fsp3) is 0.357.